The van der Waals surface area contributed by atoms with Crippen LogP contribution in [0.3, 0.4) is 0 Å². The SMILES string of the molecule is COCCc1noc(C(C)N2CCNCC2)n1. The Kier molecular flexibility index (Phi) is 4.47. The second-order valence-electron chi connectivity index (χ2n) is 4.25. The van der Waals surface area contributed by atoms with Crippen LogP contribution in [0.15, 0.2) is 4.52 Å². The fourth-order valence-corrected chi connectivity index (χ4v) is 1.96. The van der Waals surface area contributed by atoms with Crippen LogP contribution in [0.2, 0.25) is 0 Å². The summed E-state index contributed by atoms with van der Waals surface area (Å²) < 4.78 is 10.3. The predicted molar refractivity (Wildman–Crippen MR) is 62.7 cm³/mol. The van der Waals surface area contributed by atoms with Crippen molar-refractivity contribution in [1.29, 1.82) is 0 Å². The van der Waals surface area contributed by atoms with Crippen molar-refractivity contribution in [2.75, 3.05) is 39.9 Å². The van der Waals surface area contributed by atoms with Crippen LogP contribution >= 0.6 is 0 Å². The van der Waals surface area contributed by atoms with E-state index in [0.29, 0.717) is 18.9 Å². The molecule has 0 aromatic carbocycles. The van der Waals surface area contributed by atoms with Crippen LogP contribution in [0.1, 0.15) is 24.7 Å². The maximum atomic E-state index is 5.30. The molecule has 17 heavy (non-hydrogen) atoms. The molecule has 6 nitrogen and oxygen atoms in total. The molecular formula is C11H20N4O2. The zero-order valence-electron chi connectivity index (χ0n) is 10.5. The molecule has 1 atom stereocenters. The molecule has 2 rings (SSSR count). The van der Waals surface area contributed by atoms with E-state index in [4.69, 9.17) is 9.26 Å². The van der Waals surface area contributed by atoms with Gasteiger partial charge in [-0.2, -0.15) is 4.98 Å². The van der Waals surface area contributed by atoms with Crippen molar-refractivity contribution in [1.82, 2.24) is 20.4 Å². The molecule has 6 heteroatoms. The van der Waals surface area contributed by atoms with Gasteiger partial charge in [0, 0.05) is 39.7 Å². The van der Waals surface area contributed by atoms with Gasteiger partial charge in [0.05, 0.1) is 12.6 Å². The van der Waals surface area contributed by atoms with E-state index in [1.807, 2.05) is 0 Å². The molecule has 1 aliphatic heterocycles. The van der Waals surface area contributed by atoms with Crippen LogP contribution in [0, 0.1) is 0 Å². The molecule has 1 N–H and O–H groups in total. The Balaban J connectivity index is 1.93. The standard InChI is InChI=1S/C11H20N4O2/c1-9(15-6-4-12-5-7-15)11-13-10(14-17-11)3-8-16-2/h9,12H,3-8H2,1-2H3. The van der Waals surface area contributed by atoms with Crippen LogP contribution < -0.4 is 5.32 Å². The van der Waals surface area contributed by atoms with E-state index in [-0.39, 0.29) is 6.04 Å². The maximum absolute atomic E-state index is 5.30. The summed E-state index contributed by atoms with van der Waals surface area (Å²) in [7, 11) is 1.67. The first-order valence-corrected chi connectivity index (χ1v) is 6.07. The molecule has 0 aliphatic carbocycles. The third kappa shape index (κ3) is 3.24. The second-order valence-corrected chi connectivity index (χ2v) is 4.25. The second kappa shape index (κ2) is 6.09. The first-order chi connectivity index (χ1) is 8.31. The minimum Gasteiger partial charge on any atom is -0.384 e. The van der Waals surface area contributed by atoms with Crippen LogP contribution in [-0.2, 0) is 11.2 Å². The Morgan fingerprint density at radius 2 is 2.24 bits per heavy atom. The first kappa shape index (κ1) is 12.5. The lowest BCUT2D eigenvalue weighted by atomic mass is 10.2. The molecule has 1 fully saturated rings. The highest BCUT2D eigenvalue weighted by Crippen LogP contribution is 2.18. The third-order valence-electron chi connectivity index (χ3n) is 3.07. The van der Waals surface area contributed by atoms with Gasteiger partial charge in [0.25, 0.3) is 0 Å². The van der Waals surface area contributed by atoms with Gasteiger partial charge >= 0.3 is 0 Å². The highest BCUT2D eigenvalue weighted by atomic mass is 16.5. The van der Waals surface area contributed by atoms with Crippen molar-refractivity contribution in [3.8, 4) is 0 Å². The lowest BCUT2D eigenvalue weighted by Crippen LogP contribution is -2.44. The summed E-state index contributed by atoms with van der Waals surface area (Å²) in [5.41, 5.74) is 0. The Morgan fingerprint density at radius 3 is 2.94 bits per heavy atom. The lowest BCUT2D eigenvalue weighted by Gasteiger charge is -2.30. The van der Waals surface area contributed by atoms with Crippen molar-refractivity contribution in [3.05, 3.63) is 11.7 Å². The summed E-state index contributed by atoms with van der Waals surface area (Å²) in [5.74, 6) is 1.43. The largest absolute Gasteiger partial charge is 0.384 e. The van der Waals surface area contributed by atoms with E-state index in [2.05, 4.69) is 27.3 Å². The van der Waals surface area contributed by atoms with E-state index in [1.54, 1.807) is 7.11 Å². The minimum absolute atomic E-state index is 0.195. The fraction of sp³-hybridized carbons (Fsp3) is 0.818. The van der Waals surface area contributed by atoms with Gasteiger partial charge in [-0.25, -0.2) is 0 Å². The number of ether oxygens (including phenoxy) is 1. The van der Waals surface area contributed by atoms with Crippen molar-refractivity contribution in [2.45, 2.75) is 19.4 Å². The van der Waals surface area contributed by atoms with Crippen molar-refractivity contribution in [2.24, 2.45) is 0 Å². The van der Waals surface area contributed by atoms with E-state index < -0.39 is 0 Å². The van der Waals surface area contributed by atoms with Crippen LogP contribution in [0.4, 0.5) is 0 Å². The minimum atomic E-state index is 0.195. The number of methoxy groups -OCH3 is 1. The Morgan fingerprint density at radius 1 is 1.47 bits per heavy atom. The monoisotopic (exact) mass is 240 g/mol. The molecule has 0 amide bonds. The van der Waals surface area contributed by atoms with Gasteiger partial charge in [0.2, 0.25) is 5.89 Å². The normalized spacial score (nSPS) is 19.4. The maximum Gasteiger partial charge on any atom is 0.243 e. The van der Waals surface area contributed by atoms with E-state index in [0.717, 1.165) is 32.0 Å². The van der Waals surface area contributed by atoms with Gasteiger partial charge in [0.1, 0.15) is 0 Å². The summed E-state index contributed by atoms with van der Waals surface area (Å²) in [6.45, 7) is 6.83. The number of rotatable bonds is 5. The topological polar surface area (TPSA) is 63.4 Å². The van der Waals surface area contributed by atoms with Crippen molar-refractivity contribution in [3.63, 3.8) is 0 Å². The smallest absolute Gasteiger partial charge is 0.243 e. The summed E-state index contributed by atoms with van der Waals surface area (Å²) in [6.07, 6.45) is 0.703. The van der Waals surface area contributed by atoms with Crippen LogP contribution in [0.25, 0.3) is 0 Å². The lowest BCUT2D eigenvalue weighted by molar-refractivity contribution is 0.154. The molecule has 1 aromatic heterocycles. The van der Waals surface area contributed by atoms with E-state index >= 15 is 0 Å². The molecule has 96 valence electrons. The molecule has 0 saturated carbocycles. The van der Waals surface area contributed by atoms with E-state index in [1.165, 1.54) is 0 Å². The zero-order valence-corrected chi connectivity index (χ0v) is 10.5. The average molecular weight is 240 g/mol. The van der Waals surface area contributed by atoms with Gasteiger partial charge < -0.3 is 14.6 Å². The number of hydrogen-bond acceptors (Lipinski definition) is 6. The summed E-state index contributed by atoms with van der Waals surface area (Å²) in [4.78, 5) is 6.75. The highest BCUT2D eigenvalue weighted by Gasteiger charge is 2.22. The zero-order chi connectivity index (χ0) is 12.1. The number of nitrogens with zero attached hydrogens (tertiary/aromatic N) is 3. The summed E-state index contributed by atoms with van der Waals surface area (Å²) in [5, 5.41) is 7.29. The molecule has 1 aliphatic rings. The predicted octanol–water partition coefficient (Wildman–Crippen LogP) is 0.225. The Hall–Kier alpha value is -0.980. The molecule has 1 aromatic rings. The molecule has 0 bridgehead atoms. The highest BCUT2D eigenvalue weighted by molar-refractivity contribution is 4.93. The van der Waals surface area contributed by atoms with Crippen molar-refractivity contribution >= 4 is 0 Å². The molecule has 1 unspecified atom stereocenters. The Labute approximate surface area is 101 Å². The quantitative estimate of drug-likeness (QED) is 0.794. The van der Waals surface area contributed by atoms with Gasteiger partial charge in [-0.3, -0.25) is 4.90 Å². The van der Waals surface area contributed by atoms with Gasteiger partial charge in [-0.15, -0.1) is 0 Å². The first-order valence-electron chi connectivity index (χ1n) is 6.07. The van der Waals surface area contributed by atoms with E-state index in [9.17, 15) is 0 Å². The number of piperazine rings is 1. The fourth-order valence-electron chi connectivity index (χ4n) is 1.96. The average Bonchev–Trinajstić information content (AvgIpc) is 2.85. The third-order valence-corrected chi connectivity index (χ3v) is 3.07. The van der Waals surface area contributed by atoms with Gasteiger partial charge in [-0.1, -0.05) is 5.16 Å². The van der Waals surface area contributed by atoms with Crippen LogP contribution in [0.5, 0.6) is 0 Å². The van der Waals surface area contributed by atoms with Crippen molar-refractivity contribution < 1.29 is 9.26 Å². The molecule has 1 saturated heterocycles. The number of hydrogen-bond donors (Lipinski definition) is 1. The van der Waals surface area contributed by atoms with Gasteiger partial charge in [-0.05, 0) is 6.92 Å². The number of aromatic nitrogens is 2. The molecule has 0 radical (unpaired) electrons. The molecule has 2 heterocycles. The molecular weight excluding hydrogens is 220 g/mol. The number of nitrogens with one attached hydrogen (secondary N) is 1. The Bertz CT molecular complexity index is 336. The summed E-state index contributed by atoms with van der Waals surface area (Å²) >= 11 is 0. The van der Waals surface area contributed by atoms with Gasteiger partial charge in [0.15, 0.2) is 5.82 Å². The van der Waals surface area contributed by atoms with Crippen LogP contribution in [-0.4, -0.2) is 54.9 Å². The summed E-state index contributed by atoms with van der Waals surface area (Å²) in [6, 6.07) is 0.195. The molecule has 0 spiro atoms.